The van der Waals surface area contributed by atoms with Crippen LogP contribution in [0.3, 0.4) is 0 Å². The Morgan fingerprint density at radius 1 is 1.29 bits per heavy atom. The van der Waals surface area contributed by atoms with Gasteiger partial charge in [0, 0.05) is 4.88 Å². The van der Waals surface area contributed by atoms with E-state index in [1.165, 1.54) is 11.3 Å². The number of thiophene rings is 1. The van der Waals surface area contributed by atoms with Crippen molar-refractivity contribution in [3.63, 3.8) is 0 Å². The number of carbonyl (C=O) groups excluding carboxylic acids is 2. The minimum atomic E-state index is -0.280. The van der Waals surface area contributed by atoms with Gasteiger partial charge in [-0.15, -0.1) is 11.3 Å². The van der Waals surface area contributed by atoms with Crippen molar-refractivity contribution >= 4 is 28.3 Å². The van der Waals surface area contributed by atoms with E-state index < -0.39 is 0 Å². The van der Waals surface area contributed by atoms with E-state index in [9.17, 15) is 14.9 Å². The van der Waals surface area contributed by atoms with Gasteiger partial charge in [-0.3, -0.25) is 9.69 Å². The summed E-state index contributed by atoms with van der Waals surface area (Å²) in [4.78, 5) is 28.8. The number of aryl methyl sites for hydroxylation is 1. The topological polar surface area (TPSA) is 86.9 Å². The fraction of sp³-hybridized carbons (Fsp3) is 0.650. The molecule has 3 rings (SSSR count). The third kappa shape index (κ3) is 4.47. The van der Waals surface area contributed by atoms with Gasteiger partial charge in [0.1, 0.15) is 11.1 Å². The molecule has 0 aromatic carbocycles. The Hall–Kier alpha value is -2.11. The summed E-state index contributed by atoms with van der Waals surface area (Å²) in [5.41, 5.74) is 1.80. The lowest BCUT2D eigenvalue weighted by Crippen LogP contribution is -3.19. The second kappa shape index (κ2) is 9.39. The van der Waals surface area contributed by atoms with Crippen LogP contribution < -0.4 is 10.2 Å². The van der Waals surface area contributed by atoms with Crippen LogP contribution in [0, 0.1) is 11.3 Å². The highest BCUT2D eigenvalue weighted by Gasteiger charge is 2.32. The molecule has 1 aliphatic carbocycles. The van der Waals surface area contributed by atoms with Gasteiger partial charge in [0.05, 0.1) is 38.3 Å². The summed E-state index contributed by atoms with van der Waals surface area (Å²) < 4.78 is 5.05. The first kappa shape index (κ1) is 20.6. The summed E-state index contributed by atoms with van der Waals surface area (Å²) in [6.07, 6.45) is 5.11. The van der Waals surface area contributed by atoms with E-state index >= 15 is 0 Å². The molecule has 28 heavy (non-hydrogen) atoms. The number of nitrogens with zero attached hydrogens (tertiary/aromatic N) is 2. The molecular weight excluding hydrogens is 376 g/mol. The number of ether oxygens (including phenoxy) is 1. The van der Waals surface area contributed by atoms with Crippen LogP contribution in [0.2, 0.25) is 0 Å². The van der Waals surface area contributed by atoms with Crippen LogP contribution in [-0.2, 0) is 22.4 Å². The average molecular weight is 406 g/mol. The summed E-state index contributed by atoms with van der Waals surface area (Å²) in [6, 6.07) is 2.08. The third-order valence-electron chi connectivity index (χ3n) is 5.71. The summed E-state index contributed by atoms with van der Waals surface area (Å²) in [5, 5.41) is 13.4. The van der Waals surface area contributed by atoms with Crippen molar-refractivity contribution in [3.8, 4) is 6.07 Å². The fourth-order valence-corrected chi connectivity index (χ4v) is 5.22. The minimum Gasteiger partial charge on any atom is -0.450 e. The lowest BCUT2D eigenvalue weighted by atomic mass is 10.1. The molecule has 0 bridgehead atoms. The third-order valence-corrected chi connectivity index (χ3v) is 6.91. The van der Waals surface area contributed by atoms with Gasteiger partial charge >= 0.3 is 6.09 Å². The van der Waals surface area contributed by atoms with Crippen LogP contribution in [0.4, 0.5) is 9.80 Å². The maximum Gasteiger partial charge on any atom is 0.410 e. The lowest BCUT2D eigenvalue weighted by molar-refractivity contribution is -0.917. The van der Waals surface area contributed by atoms with Crippen LogP contribution in [0.15, 0.2) is 0 Å². The molecule has 1 saturated heterocycles. The largest absolute Gasteiger partial charge is 0.450 e. The highest BCUT2D eigenvalue weighted by molar-refractivity contribution is 7.16. The van der Waals surface area contributed by atoms with Crippen molar-refractivity contribution in [2.45, 2.75) is 52.0 Å². The Morgan fingerprint density at radius 3 is 2.68 bits per heavy atom. The van der Waals surface area contributed by atoms with Crippen molar-refractivity contribution < 1.29 is 19.2 Å². The molecule has 0 radical (unpaired) electrons. The molecule has 0 spiro atoms. The SMILES string of the molecule is CCOC(=O)N1CC[NH+]([C@@H](C)C(=O)Nc2sc3c(c2C#N)CCCCC3)CC1. The van der Waals surface area contributed by atoms with Gasteiger partial charge < -0.3 is 15.0 Å². The van der Waals surface area contributed by atoms with Crippen molar-refractivity contribution in [1.82, 2.24) is 4.90 Å². The Bertz CT molecular complexity index is 762. The zero-order chi connectivity index (χ0) is 20.1. The molecule has 2 aliphatic rings. The number of amides is 2. The monoisotopic (exact) mass is 405 g/mol. The van der Waals surface area contributed by atoms with Crippen molar-refractivity contribution in [2.24, 2.45) is 0 Å². The Balaban J connectivity index is 1.61. The number of carbonyl (C=O) groups is 2. The molecule has 2 N–H and O–H groups in total. The van der Waals surface area contributed by atoms with Crippen LogP contribution in [0.1, 0.15) is 49.1 Å². The molecule has 1 aromatic rings. The van der Waals surface area contributed by atoms with Gasteiger partial charge in [-0.25, -0.2) is 4.79 Å². The average Bonchev–Trinajstić information content (AvgIpc) is 2.86. The van der Waals surface area contributed by atoms with Gasteiger partial charge in [0.25, 0.3) is 5.91 Å². The van der Waals surface area contributed by atoms with Crippen LogP contribution in [-0.4, -0.2) is 55.7 Å². The number of quaternary nitrogens is 1. The first-order valence-electron chi connectivity index (χ1n) is 10.2. The maximum atomic E-state index is 12.8. The van der Waals surface area contributed by atoms with E-state index in [0.717, 1.165) is 36.1 Å². The van der Waals surface area contributed by atoms with Gasteiger partial charge in [-0.05, 0) is 45.1 Å². The molecule has 1 aromatic heterocycles. The fourth-order valence-electron chi connectivity index (χ4n) is 3.98. The molecule has 0 unspecified atom stereocenters. The van der Waals surface area contributed by atoms with Gasteiger partial charge in [-0.2, -0.15) is 5.26 Å². The Labute approximate surface area is 170 Å². The molecule has 2 amide bonds. The van der Waals surface area contributed by atoms with E-state index in [1.807, 2.05) is 6.92 Å². The molecule has 1 fully saturated rings. The standard InChI is InChI=1S/C20H28N4O3S/c1-3-27-20(26)24-11-9-23(10-12-24)14(2)18(25)22-19-16(13-21)15-7-5-4-6-8-17(15)28-19/h14H,3-12H2,1-2H3,(H,22,25)/p+1/t14-/m0/s1. The zero-order valence-electron chi connectivity index (χ0n) is 16.7. The molecule has 152 valence electrons. The minimum absolute atomic E-state index is 0.0625. The second-order valence-electron chi connectivity index (χ2n) is 7.44. The van der Waals surface area contributed by atoms with Gasteiger partial charge in [0.2, 0.25) is 0 Å². The summed E-state index contributed by atoms with van der Waals surface area (Å²) in [6.45, 7) is 6.67. The normalized spacial score (nSPS) is 18.5. The van der Waals surface area contributed by atoms with Crippen molar-refractivity contribution in [3.05, 3.63) is 16.0 Å². The van der Waals surface area contributed by atoms with Crippen molar-refractivity contribution in [2.75, 3.05) is 38.1 Å². The lowest BCUT2D eigenvalue weighted by Gasteiger charge is -2.34. The quantitative estimate of drug-likeness (QED) is 0.745. The van der Waals surface area contributed by atoms with Gasteiger partial charge in [0.15, 0.2) is 6.04 Å². The highest BCUT2D eigenvalue weighted by Crippen LogP contribution is 2.36. The first-order chi connectivity index (χ1) is 13.5. The van der Waals surface area contributed by atoms with Crippen LogP contribution >= 0.6 is 11.3 Å². The number of rotatable bonds is 4. The number of piperazine rings is 1. The zero-order valence-corrected chi connectivity index (χ0v) is 17.5. The molecule has 1 aliphatic heterocycles. The van der Waals surface area contributed by atoms with Crippen LogP contribution in [0.25, 0.3) is 0 Å². The number of hydrogen-bond acceptors (Lipinski definition) is 5. The first-order valence-corrected chi connectivity index (χ1v) is 11.0. The molecule has 7 nitrogen and oxygen atoms in total. The Kier molecular flexibility index (Phi) is 6.92. The van der Waals surface area contributed by atoms with Gasteiger partial charge in [-0.1, -0.05) is 6.42 Å². The van der Waals surface area contributed by atoms with E-state index in [0.29, 0.717) is 43.4 Å². The number of anilines is 1. The summed E-state index contributed by atoms with van der Waals surface area (Å²) >= 11 is 1.57. The smallest absolute Gasteiger partial charge is 0.410 e. The van der Waals surface area contributed by atoms with E-state index in [2.05, 4.69) is 11.4 Å². The number of nitriles is 1. The van der Waals surface area contributed by atoms with Crippen molar-refractivity contribution in [1.29, 1.82) is 5.26 Å². The number of fused-ring (bicyclic) bond motifs is 1. The summed E-state index contributed by atoms with van der Waals surface area (Å²) in [7, 11) is 0. The second-order valence-corrected chi connectivity index (χ2v) is 8.54. The predicted octanol–water partition coefficient (Wildman–Crippen LogP) is 1.57. The molecule has 8 heteroatoms. The van der Waals surface area contributed by atoms with E-state index in [-0.39, 0.29) is 18.0 Å². The highest BCUT2D eigenvalue weighted by atomic mass is 32.1. The maximum absolute atomic E-state index is 12.8. The van der Waals surface area contributed by atoms with E-state index in [4.69, 9.17) is 4.74 Å². The number of hydrogen-bond donors (Lipinski definition) is 2. The molecule has 0 saturated carbocycles. The Morgan fingerprint density at radius 2 is 2.00 bits per heavy atom. The van der Waals surface area contributed by atoms with Crippen LogP contribution in [0.5, 0.6) is 0 Å². The van der Waals surface area contributed by atoms with E-state index in [1.54, 1.807) is 23.2 Å². The number of nitrogens with one attached hydrogen (secondary N) is 2. The molecular formula is C20H29N4O3S+. The predicted molar refractivity (Wildman–Crippen MR) is 108 cm³/mol. The summed E-state index contributed by atoms with van der Waals surface area (Å²) in [5.74, 6) is -0.0625. The molecule has 1 atom stereocenters. The molecule has 2 heterocycles.